The van der Waals surface area contributed by atoms with Crippen LogP contribution in [0.5, 0.6) is 0 Å². The molecule has 1 saturated heterocycles. The van der Waals surface area contributed by atoms with E-state index in [1.807, 2.05) is 24.3 Å². The molecule has 2 aromatic rings. The van der Waals surface area contributed by atoms with E-state index in [0.717, 1.165) is 36.1 Å². The number of fused-ring (bicyclic) bond motifs is 1. The Labute approximate surface area is 130 Å². The van der Waals surface area contributed by atoms with Crippen LogP contribution in [0, 0.1) is 5.92 Å². The Bertz CT molecular complexity index is 612. The van der Waals surface area contributed by atoms with Crippen molar-refractivity contribution < 1.29 is 4.79 Å². The number of para-hydroxylation sites is 1. The van der Waals surface area contributed by atoms with Crippen LogP contribution in [0.1, 0.15) is 19.0 Å². The SMILES string of the molecule is CC1CCNCC1NC(=O)Cc1[nH]nc2ccccc12.Cl. The number of hydrogen-bond acceptors (Lipinski definition) is 3. The second-order valence-electron chi connectivity index (χ2n) is 5.54. The summed E-state index contributed by atoms with van der Waals surface area (Å²) in [6, 6.07) is 8.08. The molecule has 3 N–H and O–H groups in total. The number of nitrogens with one attached hydrogen (secondary N) is 3. The molecule has 0 radical (unpaired) electrons. The summed E-state index contributed by atoms with van der Waals surface area (Å²) in [4.78, 5) is 12.2. The molecule has 1 aliphatic rings. The van der Waals surface area contributed by atoms with Crippen molar-refractivity contribution in [2.45, 2.75) is 25.8 Å². The minimum absolute atomic E-state index is 0. The smallest absolute Gasteiger partial charge is 0.226 e. The zero-order chi connectivity index (χ0) is 13.9. The van der Waals surface area contributed by atoms with Crippen LogP contribution in [-0.2, 0) is 11.2 Å². The molecule has 6 heteroatoms. The van der Waals surface area contributed by atoms with E-state index in [-0.39, 0.29) is 24.4 Å². The molecule has 1 aliphatic heterocycles. The maximum atomic E-state index is 12.2. The molecule has 0 bridgehead atoms. The zero-order valence-corrected chi connectivity index (χ0v) is 12.9. The van der Waals surface area contributed by atoms with Gasteiger partial charge in [-0.25, -0.2) is 0 Å². The van der Waals surface area contributed by atoms with Gasteiger partial charge in [-0.15, -0.1) is 12.4 Å². The number of benzene rings is 1. The summed E-state index contributed by atoms with van der Waals surface area (Å²) in [5.74, 6) is 0.582. The third kappa shape index (κ3) is 3.54. The average Bonchev–Trinajstić information content (AvgIpc) is 2.85. The van der Waals surface area contributed by atoms with Gasteiger partial charge in [0.05, 0.1) is 17.6 Å². The van der Waals surface area contributed by atoms with Gasteiger partial charge in [-0.1, -0.05) is 25.1 Å². The van der Waals surface area contributed by atoms with E-state index in [4.69, 9.17) is 0 Å². The predicted molar refractivity (Wildman–Crippen MR) is 85.6 cm³/mol. The standard InChI is InChI=1S/C15H20N4O.ClH/c1-10-6-7-16-9-14(10)17-15(20)8-13-11-4-2-3-5-12(11)18-19-13;/h2-5,10,14,16H,6-9H2,1H3,(H,17,20)(H,18,19);1H. The maximum absolute atomic E-state index is 12.2. The number of nitrogens with zero attached hydrogens (tertiary/aromatic N) is 1. The van der Waals surface area contributed by atoms with Crippen molar-refractivity contribution in [2.75, 3.05) is 13.1 Å². The molecule has 5 nitrogen and oxygen atoms in total. The largest absolute Gasteiger partial charge is 0.351 e. The highest BCUT2D eigenvalue weighted by Gasteiger charge is 2.22. The normalized spacial score (nSPS) is 21.8. The molecule has 1 aromatic carbocycles. The van der Waals surface area contributed by atoms with Crippen molar-refractivity contribution in [1.29, 1.82) is 0 Å². The van der Waals surface area contributed by atoms with Crippen LogP contribution in [-0.4, -0.2) is 35.2 Å². The van der Waals surface area contributed by atoms with E-state index in [1.54, 1.807) is 0 Å². The van der Waals surface area contributed by atoms with Crippen LogP contribution in [0.3, 0.4) is 0 Å². The van der Waals surface area contributed by atoms with Crippen LogP contribution >= 0.6 is 12.4 Å². The van der Waals surface area contributed by atoms with Gasteiger partial charge < -0.3 is 10.6 Å². The number of carbonyl (C=O) groups is 1. The monoisotopic (exact) mass is 308 g/mol. The van der Waals surface area contributed by atoms with Crippen molar-refractivity contribution in [1.82, 2.24) is 20.8 Å². The number of piperidine rings is 1. The topological polar surface area (TPSA) is 69.8 Å². The van der Waals surface area contributed by atoms with Crippen molar-refractivity contribution in [3.63, 3.8) is 0 Å². The molecule has 0 spiro atoms. The molecule has 1 amide bonds. The lowest BCUT2D eigenvalue weighted by atomic mass is 9.94. The predicted octanol–water partition coefficient (Wildman–Crippen LogP) is 1.64. The first kappa shape index (κ1) is 15.8. The molecular formula is C15H21ClN4O. The van der Waals surface area contributed by atoms with E-state index >= 15 is 0 Å². The molecule has 2 unspecified atom stereocenters. The van der Waals surface area contributed by atoms with Crippen molar-refractivity contribution >= 4 is 29.2 Å². The van der Waals surface area contributed by atoms with Crippen LogP contribution < -0.4 is 10.6 Å². The Hall–Kier alpha value is -1.59. The van der Waals surface area contributed by atoms with E-state index in [2.05, 4.69) is 27.8 Å². The molecule has 0 saturated carbocycles. The minimum Gasteiger partial charge on any atom is -0.351 e. The summed E-state index contributed by atoms with van der Waals surface area (Å²) in [5, 5.41) is 14.7. The molecule has 2 heterocycles. The number of halogens is 1. The van der Waals surface area contributed by atoms with Gasteiger partial charge in [-0.05, 0) is 24.9 Å². The molecule has 2 atom stereocenters. The molecule has 1 fully saturated rings. The van der Waals surface area contributed by atoms with Crippen LogP contribution in [0.25, 0.3) is 10.9 Å². The molecule has 1 aromatic heterocycles. The van der Waals surface area contributed by atoms with E-state index in [1.165, 1.54) is 0 Å². The van der Waals surface area contributed by atoms with Gasteiger partial charge in [0.25, 0.3) is 0 Å². The minimum atomic E-state index is 0. The van der Waals surface area contributed by atoms with Gasteiger partial charge in [-0.3, -0.25) is 9.89 Å². The Balaban J connectivity index is 0.00000161. The molecule has 21 heavy (non-hydrogen) atoms. The van der Waals surface area contributed by atoms with E-state index in [0.29, 0.717) is 12.3 Å². The van der Waals surface area contributed by atoms with Gasteiger partial charge in [0.1, 0.15) is 0 Å². The second-order valence-corrected chi connectivity index (χ2v) is 5.54. The van der Waals surface area contributed by atoms with Crippen molar-refractivity contribution in [3.05, 3.63) is 30.0 Å². The summed E-state index contributed by atoms with van der Waals surface area (Å²) < 4.78 is 0. The lowest BCUT2D eigenvalue weighted by Gasteiger charge is -2.30. The Kier molecular flexibility index (Phi) is 5.20. The highest BCUT2D eigenvalue weighted by molar-refractivity contribution is 5.87. The number of hydrogen-bond donors (Lipinski definition) is 3. The highest BCUT2D eigenvalue weighted by Crippen LogP contribution is 2.16. The fourth-order valence-corrected chi connectivity index (χ4v) is 2.75. The first-order chi connectivity index (χ1) is 9.74. The Morgan fingerprint density at radius 3 is 3.05 bits per heavy atom. The fraction of sp³-hybridized carbons (Fsp3) is 0.467. The Morgan fingerprint density at radius 1 is 1.43 bits per heavy atom. The fourth-order valence-electron chi connectivity index (χ4n) is 2.75. The zero-order valence-electron chi connectivity index (χ0n) is 12.1. The van der Waals surface area contributed by atoms with Gasteiger partial charge in [0, 0.05) is 18.0 Å². The molecule has 114 valence electrons. The summed E-state index contributed by atoms with van der Waals surface area (Å²) >= 11 is 0. The van der Waals surface area contributed by atoms with E-state index < -0.39 is 0 Å². The summed E-state index contributed by atoms with van der Waals surface area (Å²) in [6.07, 6.45) is 1.46. The number of H-pyrrole nitrogens is 1. The van der Waals surface area contributed by atoms with Gasteiger partial charge >= 0.3 is 0 Å². The van der Waals surface area contributed by atoms with Crippen molar-refractivity contribution in [2.24, 2.45) is 5.92 Å². The molecule has 3 rings (SSSR count). The number of aromatic nitrogens is 2. The quantitative estimate of drug-likeness (QED) is 0.807. The summed E-state index contributed by atoms with van der Waals surface area (Å²) in [6.45, 7) is 4.09. The van der Waals surface area contributed by atoms with E-state index in [9.17, 15) is 4.79 Å². The third-order valence-electron chi connectivity index (χ3n) is 4.05. The van der Waals surface area contributed by atoms with Gasteiger partial charge in [0.2, 0.25) is 5.91 Å². The van der Waals surface area contributed by atoms with Gasteiger partial charge in [-0.2, -0.15) is 5.10 Å². The van der Waals surface area contributed by atoms with Crippen LogP contribution in [0.2, 0.25) is 0 Å². The highest BCUT2D eigenvalue weighted by atomic mass is 35.5. The Morgan fingerprint density at radius 2 is 2.24 bits per heavy atom. The average molecular weight is 309 g/mol. The lowest BCUT2D eigenvalue weighted by Crippen LogP contribution is -2.50. The first-order valence-corrected chi connectivity index (χ1v) is 7.16. The summed E-state index contributed by atoms with van der Waals surface area (Å²) in [7, 11) is 0. The summed E-state index contributed by atoms with van der Waals surface area (Å²) in [5.41, 5.74) is 1.79. The third-order valence-corrected chi connectivity index (χ3v) is 4.05. The number of aromatic amines is 1. The maximum Gasteiger partial charge on any atom is 0.226 e. The number of amides is 1. The second kappa shape index (κ2) is 6.91. The molecular weight excluding hydrogens is 288 g/mol. The van der Waals surface area contributed by atoms with Gasteiger partial charge in [0.15, 0.2) is 0 Å². The number of carbonyl (C=O) groups excluding carboxylic acids is 1. The number of rotatable bonds is 3. The lowest BCUT2D eigenvalue weighted by molar-refractivity contribution is -0.121. The van der Waals surface area contributed by atoms with Crippen LogP contribution in [0.15, 0.2) is 24.3 Å². The van der Waals surface area contributed by atoms with Crippen molar-refractivity contribution in [3.8, 4) is 0 Å². The van der Waals surface area contributed by atoms with Crippen LogP contribution in [0.4, 0.5) is 0 Å². The first-order valence-electron chi connectivity index (χ1n) is 7.16. The molecule has 0 aliphatic carbocycles.